The monoisotopic (exact) mass is 264 g/mol. The van der Waals surface area contributed by atoms with Crippen LogP contribution >= 0.6 is 11.6 Å². The summed E-state index contributed by atoms with van der Waals surface area (Å²) in [6, 6.07) is 3.51. The van der Waals surface area contributed by atoms with Crippen LogP contribution in [0.5, 0.6) is 0 Å². The van der Waals surface area contributed by atoms with Gasteiger partial charge < -0.3 is 15.3 Å². The molecule has 2 aliphatic rings. The summed E-state index contributed by atoms with van der Waals surface area (Å²) in [5, 5.41) is 12.9. The van der Waals surface area contributed by atoms with Crippen molar-refractivity contribution in [2.75, 3.05) is 23.3 Å². The Labute approximate surface area is 110 Å². The maximum absolute atomic E-state index is 11.4. The van der Waals surface area contributed by atoms with E-state index in [1.54, 1.807) is 6.07 Å². The molecule has 0 spiro atoms. The van der Waals surface area contributed by atoms with Crippen molar-refractivity contribution in [1.29, 1.82) is 0 Å². The molecule has 1 atom stereocenters. The van der Waals surface area contributed by atoms with Crippen molar-refractivity contribution in [2.45, 2.75) is 12.5 Å². The molecule has 0 aromatic heterocycles. The van der Waals surface area contributed by atoms with E-state index in [2.05, 4.69) is 22.4 Å². The molecule has 0 fully saturated rings. The maximum Gasteiger partial charge on any atom is 0.257 e. The van der Waals surface area contributed by atoms with E-state index in [9.17, 15) is 9.90 Å². The zero-order valence-electron chi connectivity index (χ0n) is 9.69. The molecule has 0 saturated carbocycles. The predicted octanol–water partition coefficient (Wildman–Crippen LogP) is 2.09. The molecule has 2 heterocycles. The van der Waals surface area contributed by atoms with Gasteiger partial charge in [-0.15, -0.1) is 0 Å². The molecule has 0 aliphatic carbocycles. The minimum Gasteiger partial charge on any atom is -0.378 e. The molecule has 0 saturated heterocycles. The maximum atomic E-state index is 11.4. The van der Waals surface area contributed by atoms with Crippen molar-refractivity contribution < 1.29 is 9.90 Å². The van der Waals surface area contributed by atoms with E-state index < -0.39 is 12.0 Å². The Bertz CT molecular complexity index is 542. The topological polar surface area (TPSA) is 52.6 Å². The fourth-order valence-corrected chi connectivity index (χ4v) is 2.65. The summed E-state index contributed by atoms with van der Waals surface area (Å²) in [6.45, 7) is 1.72. The average molecular weight is 265 g/mol. The van der Waals surface area contributed by atoms with Gasteiger partial charge in [0.2, 0.25) is 0 Å². The number of aliphatic hydroxyl groups excluding tert-OH is 1. The van der Waals surface area contributed by atoms with Crippen LogP contribution in [0.3, 0.4) is 0 Å². The fraction of sp³-hybridized carbons (Fsp3) is 0.308. The summed E-state index contributed by atoms with van der Waals surface area (Å²) in [5.41, 5.74) is 2.11. The van der Waals surface area contributed by atoms with Crippen LogP contribution in [0.2, 0.25) is 5.02 Å². The number of nitrogens with one attached hydrogen (secondary N) is 1. The summed E-state index contributed by atoms with van der Waals surface area (Å²) in [5.74, 6) is -0.392. The second-order valence-electron chi connectivity index (χ2n) is 4.49. The smallest absolute Gasteiger partial charge is 0.257 e. The molecule has 0 radical (unpaired) electrons. The molecular weight excluding hydrogens is 252 g/mol. The first-order valence-electron chi connectivity index (χ1n) is 5.89. The van der Waals surface area contributed by atoms with Gasteiger partial charge in [-0.3, -0.25) is 4.79 Å². The number of hydrogen-bond acceptors (Lipinski definition) is 3. The van der Waals surface area contributed by atoms with Gasteiger partial charge in [0.1, 0.15) is 0 Å². The number of benzene rings is 1. The Morgan fingerprint density at radius 1 is 1.39 bits per heavy atom. The largest absolute Gasteiger partial charge is 0.378 e. The number of amides is 1. The van der Waals surface area contributed by atoms with E-state index >= 15 is 0 Å². The standard InChI is InChI=1S/C13H13ClN2O2/c14-9-6-8-10(15-13(18)12(8)17)7-11(9)16-4-2-1-3-5-16/h1-2,6-7,12,17H,3-5H2,(H,15,18). The molecule has 18 heavy (non-hydrogen) atoms. The van der Waals surface area contributed by atoms with Gasteiger partial charge in [0.05, 0.1) is 10.7 Å². The van der Waals surface area contributed by atoms with Gasteiger partial charge >= 0.3 is 0 Å². The minimum absolute atomic E-state index is 0.392. The summed E-state index contributed by atoms with van der Waals surface area (Å²) < 4.78 is 0. The highest BCUT2D eigenvalue weighted by molar-refractivity contribution is 6.33. The number of carbonyl (C=O) groups is 1. The van der Waals surface area contributed by atoms with Gasteiger partial charge in [0.15, 0.2) is 6.10 Å². The fourth-order valence-electron chi connectivity index (χ4n) is 2.36. The van der Waals surface area contributed by atoms with Crippen LogP contribution < -0.4 is 10.2 Å². The first kappa shape index (κ1) is 11.6. The van der Waals surface area contributed by atoms with Crippen LogP contribution in [0.1, 0.15) is 18.1 Å². The highest BCUT2D eigenvalue weighted by atomic mass is 35.5. The number of rotatable bonds is 1. The normalized spacial score (nSPS) is 22.0. The summed E-state index contributed by atoms with van der Waals surface area (Å²) in [4.78, 5) is 13.6. The van der Waals surface area contributed by atoms with Crippen LogP contribution in [0.4, 0.5) is 11.4 Å². The molecule has 1 aromatic rings. The predicted molar refractivity (Wildman–Crippen MR) is 71.0 cm³/mol. The van der Waals surface area contributed by atoms with Gasteiger partial charge in [-0.1, -0.05) is 23.8 Å². The quantitative estimate of drug-likeness (QED) is 0.764. The van der Waals surface area contributed by atoms with Crippen LogP contribution in [-0.4, -0.2) is 24.1 Å². The molecule has 0 bridgehead atoms. The SMILES string of the molecule is O=C1Nc2cc(N3CC=CCC3)c(Cl)cc2C1O. The number of anilines is 2. The van der Waals surface area contributed by atoms with Crippen molar-refractivity contribution in [3.8, 4) is 0 Å². The summed E-state index contributed by atoms with van der Waals surface area (Å²) in [7, 11) is 0. The lowest BCUT2D eigenvalue weighted by atomic mass is 10.1. The second-order valence-corrected chi connectivity index (χ2v) is 4.90. The molecule has 1 amide bonds. The highest BCUT2D eigenvalue weighted by Crippen LogP contribution is 2.39. The lowest BCUT2D eigenvalue weighted by molar-refractivity contribution is -0.123. The third kappa shape index (κ3) is 1.78. The third-order valence-electron chi connectivity index (χ3n) is 3.32. The molecule has 3 rings (SSSR count). The number of carbonyl (C=O) groups excluding carboxylic acids is 1. The summed E-state index contributed by atoms with van der Waals surface area (Å²) in [6.07, 6.45) is 4.12. The Morgan fingerprint density at radius 2 is 2.22 bits per heavy atom. The van der Waals surface area contributed by atoms with E-state index in [-0.39, 0.29) is 0 Å². The summed E-state index contributed by atoms with van der Waals surface area (Å²) >= 11 is 6.24. The first-order chi connectivity index (χ1) is 8.66. The molecule has 94 valence electrons. The molecular formula is C13H13ClN2O2. The molecule has 1 aromatic carbocycles. The molecule has 2 aliphatic heterocycles. The van der Waals surface area contributed by atoms with E-state index in [4.69, 9.17) is 11.6 Å². The Kier molecular flexibility index (Phi) is 2.76. The van der Waals surface area contributed by atoms with Crippen molar-refractivity contribution in [2.24, 2.45) is 0 Å². The van der Waals surface area contributed by atoms with E-state index in [1.807, 2.05) is 6.07 Å². The Hall–Kier alpha value is -1.52. The number of nitrogens with zero attached hydrogens (tertiary/aromatic N) is 1. The second kappa shape index (κ2) is 4.30. The third-order valence-corrected chi connectivity index (χ3v) is 3.62. The lowest BCUT2D eigenvalue weighted by Crippen LogP contribution is -2.27. The van der Waals surface area contributed by atoms with Crippen LogP contribution in [-0.2, 0) is 4.79 Å². The molecule has 2 N–H and O–H groups in total. The first-order valence-corrected chi connectivity index (χ1v) is 6.27. The Morgan fingerprint density at radius 3 is 2.94 bits per heavy atom. The minimum atomic E-state index is -1.10. The van der Waals surface area contributed by atoms with Crippen LogP contribution in [0, 0.1) is 0 Å². The van der Waals surface area contributed by atoms with E-state index in [0.29, 0.717) is 16.3 Å². The number of hydrogen-bond donors (Lipinski definition) is 2. The van der Waals surface area contributed by atoms with Gasteiger partial charge in [0.25, 0.3) is 5.91 Å². The van der Waals surface area contributed by atoms with E-state index in [1.165, 1.54) is 0 Å². The van der Waals surface area contributed by atoms with Crippen molar-refractivity contribution in [3.63, 3.8) is 0 Å². The van der Waals surface area contributed by atoms with Gasteiger partial charge in [-0.25, -0.2) is 0 Å². The van der Waals surface area contributed by atoms with E-state index in [0.717, 1.165) is 25.2 Å². The highest BCUT2D eigenvalue weighted by Gasteiger charge is 2.30. The zero-order chi connectivity index (χ0) is 12.7. The number of fused-ring (bicyclic) bond motifs is 1. The number of aliphatic hydroxyl groups is 1. The van der Waals surface area contributed by atoms with Crippen molar-refractivity contribution in [3.05, 3.63) is 34.9 Å². The van der Waals surface area contributed by atoms with Crippen molar-refractivity contribution in [1.82, 2.24) is 0 Å². The van der Waals surface area contributed by atoms with Gasteiger partial charge in [0, 0.05) is 24.3 Å². The zero-order valence-corrected chi connectivity index (χ0v) is 10.4. The van der Waals surface area contributed by atoms with Gasteiger partial charge in [-0.2, -0.15) is 0 Å². The molecule has 1 unspecified atom stereocenters. The van der Waals surface area contributed by atoms with Crippen LogP contribution in [0.15, 0.2) is 24.3 Å². The van der Waals surface area contributed by atoms with Crippen LogP contribution in [0.25, 0.3) is 0 Å². The lowest BCUT2D eigenvalue weighted by Gasteiger charge is -2.27. The van der Waals surface area contributed by atoms with Gasteiger partial charge in [-0.05, 0) is 18.6 Å². The average Bonchev–Trinajstić information content (AvgIpc) is 2.66. The Balaban J connectivity index is 2.00. The van der Waals surface area contributed by atoms with Crippen molar-refractivity contribution >= 4 is 28.9 Å². The molecule has 4 nitrogen and oxygen atoms in total. The number of halogens is 1. The molecule has 5 heteroatoms.